The highest BCUT2D eigenvalue weighted by Crippen LogP contribution is 2.31. The van der Waals surface area contributed by atoms with Crippen molar-refractivity contribution in [2.75, 3.05) is 13.2 Å². The average Bonchev–Trinajstić information content (AvgIpc) is 3.06. The number of carbonyl (C=O) groups is 3. The third-order valence-corrected chi connectivity index (χ3v) is 5.61. The van der Waals surface area contributed by atoms with Crippen LogP contribution in [-0.4, -0.2) is 48.2 Å². The van der Waals surface area contributed by atoms with Crippen LogP contribution in [0.25, 0.3) is 0 Å². The van der Waals surface area contributed by atoms with Crippen molar-refractivity contribution in [2.45, 2.75) is 37.3 Å². The average molecular weight is 445 g/mol. The molecule has 3 atom stereocenters. The number of hydrogen-bond donors (Lipinski definition) is 1. The van der Waals surface area contributed by atoms with Crippen molar-refractivity contribution < 1.29 is 23.9 Å². The van der Waals surface area contributed by atoms with E-state index in [2.05, 4.69) is 0 Å². The number of nitrogens with zero attached hydrogens (tertiary/aromatic N) is 1. The molecule has 31 heavy (non-hydrogen) atoms. The Morgan fingerprint density at radius 1 is 1.29 bits per heavy atom. The molecular weight excluding hydrogens is 420 g/mol. The van der Waals surface area contributed by atoms with Crippen LogP contribution in [0.15, 0.2) is 54.6 Å². The number of carbonyl (C=O) groups excluding carboxylic acids is 3. The first kappa shape index (κ1) is 22.6. The zero-order valence-electron chi connectivity index (χ0n) is 17.2. The Morgan fingerprint density at radius 2 is 1.97 bits per heavy atom. The van der Waals surface area contributed by atoms with E-state index in [1.807, 2.05) is 30.3 Å². The molecule has 2 aromatic carbocycles. The standard InChI is InChI=1S/C23H25ClN2O5/c1-23(31-21(25)28,12-18(13-27)17-7-9-19(24)10-8-17)15-26-20(14-30-22(26)29)11-16-5-3-2-4-6-16/h2-10,13,18,20H,11-12,14-15H2,1H3,(H2,25,28)/t18?,20-,23?/m0/s1. The summed E-state index contributed by atoms with van der Waals surface area (Å²) >= 11 is 5.94. The second-order valence-corrected chi connectivity index (χ2v) is 8.35. The van der Waals surface area contributed by atoms with Gasteiger partial charge in [-0.25, -0.2) is 9.59 Å². The lowest BCUT2D eigenvalue weighted by molar-refractivity contribution is -0.110. The minimum Gasteiger partial charge on any atom is -0.447 e. The molecule has 2 unspecified atom stereocenters. The fourth-order valence-electron chi connectivity index (χ4n) is 3.90. The SMILES string of the molecule is CC(CC(C=O)c1ccc(Cl)cc1)(CN1C(=O)OC[C@@H]1Cc1ccccc1)OC(N)=O. The van der Waals surface area contributed by atoms with E-state index in [4.69, 9.17) is 26.8 Å². The lowest BCUT2D eigenvalue weighted by atomic mass is 9.87. The van der Waals surface area contributed by atoms with Gasteiger partial charge in [-0.05, 0) is 36.6 Å². The predicted octanol–water partition coefficient (Wildman–Crippen LogP) is 3.93. The molecule has 0 aliphatic carbocycles. The molecule has 0 saturated carbocycles. The van der Waals surface area contributed by atoms with Gasteiger partial charge in [0.25, 0.3) is 0 Å². The topological polar surface area (TPSA) is 98.9 Å². The van der Waals surface area contributed by atoms with Crippen molar-refractivity contribution in [1.82, 2.24) is 4.90 Å². The van der Waals surface area contributed by atoms with Gasteiger partial charge in [-0.3, -0.25) is 4.90 Å². The largest absolute Gasteiger partial charge is 0.447 e. The summed E-state index contributed by atoms with van der Waals surface area (Å²) in [5.41, 5.74) is 5.90. The highest BCUT2D eigenvalue weighted by molar-refractivity contribution is 6.30. The molecule has 3 rings (SSSR count). The molecule has 2 aromatic rings. The van der Waals surface area contributed by atoms with Gasteiger partial charge in [0.2, 0.25) is 0 Å². The Balaban J connectivity index is 1.80. The Morgan fingerprint density at radius 3 is 2.58 bits per heavy atom. The molecule has 164 valence electrons. The third-order valence-electron chi connectivity index (χ3n) is 5.35. The Bertz CT molecular complexity index is 921. The molecule has 1 fully saturated rings. The Labute approximate surface area is 186 Å². The molecule has 8 heteroatoms. The second-order valence-electron chi connectivity index (χ2n) is 7.92. The summed E-state index contributed by atoms with van der Waals surface area (Å²) in [6.45, 7) is 1.94. The smallest absolute Gasteiger partial charge is 0.410 e. The summed E-state index contributed by atoms with van der Waals surface area (Å²) in [5, 5.41) is 0.549. The molecule has 0 spiro atoms. The van der Waals surface area contributed by atoms with Crippen LogP contribution >= 0.6 is 11.6 Å². The third kappa shape index (κ3) is 5.98. The summed E-state index contributed by atoms with van der Waals surface area (Å²) in [6, 6.07) is 16.4. The maximum atomic E-state index is 12.4. The number of ether oxygens (including phenoxy) is 2. The van der Waals surface area contributed by atoms with Gasteiger partial charge in [-0.1, -0.05) is 54.1 Å². The lowest BCUT2D eigenvalue weighted by Gasteiger charge is -2.35. The van der Waals surface area contributed by atoms with Crippen molar-refractivity contribution in [3.05, 3.63) is 70.7 Å². The van der Waals surface area contributed by atoms with Gasteiger partial charge >= 0.3 is 12.2 Å². The summed E-state index contributed by atoms with van der Waals surface area (Å²) in [6.07, 6.45) is 0.0521. The monoisotopic (exact) mass is 444 g/mol. The van der Waals surface area contributed by atoms with E-state index in [1.54, 1.807) is 36.1 Å². The molecule has 0 radical (unpaired) electrons. The van der Waals surface area contributed by atoms with Gasteiger partial charge in [-0.2, -0.15) is 0 Å². The molecule has 0 bridgehead atoms. The number of amides is 2. The van der Waals surface area contributed by atoms with E-state index < -0.39 is 23.7 Å². The molecular formula is C23H25ClN2O5. The number of primary amides is 1. The van der Waals surface area contributed by atoms with Crippen LogP contribution in [0.2, 0.25) is 5.02 Å². The fraction of sp³-hybridized carbons (Fsp3) is 0.348. The molecule has 7 nitrogen and oxygen atoms in total. The highest BCUT2D eigenvalue weighted by Gasteiger charge is 2.41. The Hall–Kier alpha value is -3.06. The van der Waals surface area contributed by atoms with E-state index in [-0.39, 0.29) is 25.6 Å². The quantitative estimate of drug-likeness (QED) is 0.591. The number of halogens is 1. The molecule has 2 amide bonds. The summed E-state index contributed by atoms with van der Waals surface area (Å²) in [5.74, 6) is -0.576. The minimum absolute atomic E-state index is 0.0458. The molecule has 1 heterocycles. The van der Waals surface area contributed by atoms with Crippen LogP contribution in [0, 0.1) is 0 Å². The van der Waals surface area contributed by atoms with Gasteiger partial charge in [0, 0.05) is 17.4 Å². The van der Waals surface area contributed by atoms with E-state index in [0.717, 1.165) is 17.4 Å². The molecule has 1 aliphatic heterocycles. The van der Waals surface area contributed by atoms with Crippen molar-refractivity contribution >= 4 is 30.1 Å². The van der Waals surface area contributed by atoms with Crippen LogP contribution in [0.3, 0.4) is 0 Å². The van der Waals surface area contributed by atoms with Crippen molar-refractivity contribution in [2.24, 2.45) is 5.73 Å². The summed E-state index contributed by atoms with van der Waals surface area (Å²) < 4.78 is 10.7. The van der Waals surface area contributed by atoms with E-state index in [1.165, 1.54) is 0 Å². The van der Waals surface area contributed by atoms with Gasteiger partial charge in [0.15, 0.2) is 0 Å². The summed E-state index contributed by atoms with van der Waals surface area (Å²) in [7, 11) is 0. The minimum atomic E-state index is -1.20. The van der Waals surface area contributed by atoms with E-state index >= 15 is 0 Å². The first-order valence-electron chi connectivity index (χ1n) is 9.96. The van der Waals surface area contributed by atoms with Gasteiger partial charge in [-0.15, -0.1) is 0 Å². The number of cyclic esters (lactones) is 1. The number of nitrogens with two attached hydrogens (primary N) is 1. The van der Waals surface area contributed by atoms with Crippen LogP contribution in [0.4, 0.5) is 9.59 Å². The number of benzene rings is 2. The predicted molar refractivity (Wildman–Crippen MR) is 116 cm³/mol. The van der Waals surface area contributed by atoms with Crippen LogP contribution in [0.5, 0.6) is 0 Å². The zero-order chi connectivity index (χ0) is 22.4. The lowest BCUT2D eigenvalue weighted by Crippen LogP contribution is -2.49. The maximum Gasteiger partial charge on any atom is 0.410 e. The van der Waals surface area contributed by atoms with Gasteiger partial charge < -0.3 is 20.0 Å². The second kappa shape index (κ2) is 9.83. The summed E-state index contributed by atoms with van der Waals surface area (Å²) in [4.78, 5) is 37.5. The maximum absolute atomic E-state index is 12.4. The normalized spacial score (nSPS) is 18.7. The van der Waals surface area contributed by atoms with E-state index in [9.17, 15) is 14.4 Å². The molecule has 1 aliphatic rings. The number of hydrogen-bond acceptors (Lipinski definition) is 5. The van der Waals surface area contributed by atoms with Gasteiger partial charge in [0.05, 0.1) is 12.6 Å². The fourth-order valence-corrected chi connectivity index (χ4v) is 4.03. The zero-order valence-corrected chi connectivity index (χ0v) is 18.0. The van der Waals surface area contributed by atoms with E-state index in [0.29, 0.717) is 11.4 Å². The van der Waals surface area contributed by atoms with Gasteiger partial charge in [0.1, 0.15) is 18.5 Å². The molecule has 2 N–H and O–H groups in total. The van der Waals surface area contributed by atoms with Crippen molar-refractivity contribution in [3.63, 3.8) is 0 Å². The molecule has 1 saturated heterocycles. The van der Waals surface area contributed by atoms with Crippen molar-refractivity contribution in [3.8, 4) is 0 Å². The number of aldehydes is 1. The van der Waals surface area contributed by atoms with Crippen LogP contribution < -0.4 is 5.73 Å². The number of rotatable bonds is 9. The van der Waals surface area contributed by atoms with Crippen molar-refractivity contribution in [1.29, 1.82) is 0 Å². The Kier molecular flexibility index (Phi) is 7.17. The van der Waals surface area contributed by atoms with Crippen LogP contribution in [0.1, 0.15) is 30.4 Å². The van der Waals surface area contributed by atoms with Crippen LogP contribution in [-0.2, 0) is 20.7 Å². The highest BCUT2D eigenvalue weighted by atomic mass is 35.5. The first-order chi connectivity index (χ1) is 14.8. The molecule has 0 aromatic heterocycles. The first-order valence-corrected chi connectivity index (χ1v) is 10.3.